The van der Waals surface area contributed by atoms with Gasteiger partial charge in [-0.05, 0) is 61.2 Å². The van der Waals surface area contributed by atoms with Crippen molar-refractivity contribution in [1.82, 2.24) is 15.5 Å². The van der Waals surface area contributed by atoms with E-state index in [1.54, 1.807) is 17.0 Å². The number of aliphatic carboxylic acids is 1. The van der Waals surface area contributed by atoms with E-state index in [0.717, 1.165) is 38.5 Å². The number of amides is 3. The van der Waals surface area contributed by atoms with Crippen molar-refractivity contribution in [3.8, 4) is 11.5 Å². The van der Waals surface area contributed by atoms with Crippen LogP contribution in [-0.4, -0.2) is 75.8 Å². The standard InChI is InChI=1S/C32H46N3O10P/c1-4-6-8-20-35(21-9-7-5-2)32(40)27(18-19-29(36)37)33-31(39)28(34-30(38)24-12-16-25(44-3)17-13-24)22-23-10-14-26(15-11-23)45-46(41,42)43/h10-17,27-28H,4-9,18-22H2,1-3H3,(H,33,39)(H,34,38)(H,36,37)(H2,41,42,43)/t27-,28-/m0/s1. The summed E-state index contributed by atoms with van der Waals surface area (Å²) in [6, 6.07) is 9.52. The molecule has 3 amide bonds. The van der Waals surface area contributed by atoms with E-state index in [4.69, 9.17) is 14.5 Å². The summed E-state index contributed by atoms with van der Waals surface area (Å²) < 4.78 is 20.9. The van der Waals surface area contributed by atoms with Gasteiger partial charge in [0.1, 0.15) is 23.6 Å². The third kappa shape index (κ3) is 14.0. The highest BCUT2D eigenvalue weighted by Gasteiger charge is 2.30. The number of phosphoric acid groups is 1. The average molecular weight is 664 g/mol. The zero-order valence-electron chi connectivity index (χ0n) is 26.6. The van der Waals surface area contributed by atoms with Gasteiger partial charge in [0, 0.05) is 31.5 Å². The number of hydrogen-bond donors (Lipinski definition) is 5. The molecule has 0 aliphatic rings. The SMILES string of the molecule is CCCCCN(CCCCC)C(=O)[C@H](CCC(=O)O)NC(=O)[C@H](Cc1ccc(OP(=O)(O)O)cc1)NC(=O)c1ccc(OC)cc1. The van der Waals surface area contributed by atoms with Crippen LogP contribution in [0.25, 0.3) is 0 Å². The highest BCUT2D eigenvalue weighted by atomic mass is 31.2. The second kappa shape index (κ2) is 19.6. The molecule has 254 valence electrons. The highest BCUT2D eigenvalue weighted by molar-refractivity contribution is 7.46. The third-order valence-electron chi connectivity index (χ3n) is 7.20. The average Bonchev–Trinajstić information content (AvgIpc) is 3.01. The smallest absolute Gasteiger partial charge is 0.497 e. The number of hydrogen-bond acceptors (Lipinski definition) is 7. The van der Waals surface area contributed by atoms with Crippen LogP contribution in [-0.2, 0) is 25.4 Å². The number of unbranched alkanes of at least 4 members (excludes halogenated alkanes) is 4. The number of phosphoric ester groups is 1. The molecule has 2 aromatic rings. The summed E-state index contributed by atoms with van der Waals surface area (Å²) in [6.07, 6.45) is 4.76. The number of benzene rings is 2. The summed E-state index contributed by atoms with van der Waals surface area (Å²) in [5.74, 6) is -2.31. The Morgan fingerprint density at radius 1 is 0.826 bits per heavy atom. The van der Waals surface area contributed by atoms with Crippen molar-refractivity contribution in [2.24, 2.45) is 0 Å². The van der Waals surface area contributed by atoms with Crippen molar-refractivity contribution < 1.29 is 47.9 Å². The van der Waals surface area contributed by atoms with E-state index >= 15 is 0 Å². The van der Waals surface area contributed by atoms with E-state index in [1.807, 2.05) is 0 Å². The van der Waals surface area contributed by atoms with Crippen LogP contribution in [0.5, 0.6) is 11.5 Å². The normalized spacial score (nSPS) is 12.5. The van der Waals surface area contributed by atoms with Gasteiger partial charge in [-0.3, -0.25) is 29.0 Å². The number of carboxylic acid groups (broad SMARTS) is 1. The van der Waals surface area contributed by atoms with E-state index in [-0.39, 0.29) is 36.5 Å². The lowest BCUT2D eigenvalue weighted by atomic mass is 10.0. The summed E-state index contributed by atoms with van der Waals surface area (Å²) in [6.45, 7) is 5.07. The fourth-order valence-electron chi connectivity index (χ4n) is 4.71. The fourth-order valence-corrected chi connectivity index (χ4v) is 5.10. The summed E-state index contributed by atoms with van der Waals surface area (Å²) in [4.78, 5) is 72.1. The van der Waals surface area contributed by atoms with Gasteiger partial charge in [-0.1, -0.05) is 51.7 Å². The summed E-state index contributed by atoms with van der Waals surface area (Å²) in [5, 5.41) is 14.8. The first kappa shape index (κ1) is 38.3. The van der Waals surface area contributed by atoms with Crippen LogP contribution in [0.1, 0.15) is 81.1 Å². The molecule has 0 aliphatic carbocycles. The number of carboxylic acids is 1. The predicted octanol–water partition coefficient (Wildman–Crippen LogP) is 4.07. The summed E-state index contributed by atoms with van der Waals surface area (Å²) >= 11 is 0. The van der Waals surface area contributed by atoms with Crippen LogP contribution in [0.15, 0.2) is 48.5 Å². The number of methoxy groups -OCH3 is 1. The lowest BCUT2D eigenvalue weighted by molar-refractivity contribution is -0.139. The molecular weight excluding hydrogens is 617 g/mol. The van der Waals surface area contributed by atoms with Gasteiger partial charge in [0.05, 0.1) is 7.11 Å². The van der Waals surface area contributed by atoms with Crippen molar-refractivity contribution in [1.29, 1.82) is 0 Å². The molecule has 13 nitrogen and oxygen atoms in total. The van der Waals surface area contributed by atoms with Crippen molar-refractivity contribution in [2.75, 3.05) is 20.2 Å². The minimum Gasteiger partial charge on any atom is -0.497 e. The zero-order valence-corrected chi connectivity index (χ0v) is 27.5. The lowest BCUT2D eigenvalue weighted by Crippen LogP contribution is -2.55. The topological polar surface area (TPSA) is 192 Å². The summed E-state index contributed by atoms with van der Waals surface area (Å²) in [5.41, 5.74) is 0.767. The first-order valence-electron chi connectivity index (χ1n) is 15.5. The molecule has 0 saturated carbocycles. The lowest BCUT2D eigenvalue weighted by Gasteiger charge is -2.29. The van der Waals surface area contributed by atoms with Crippen LogP contribution >= 0.6 is 7.82 Å². The number of carbonyl (C=O) groups excluding carboxylic acids is 3. The van der Waals surface area contributed by atoms with Gasteiger partial charge < -0.3 is 29.9 Å². The molecule has 2 rings (SSSR count). The number of ether oxygens (including phenoxy) is 1. The second-order valence-electron chi connectivity index (χ2n) is 10.9. The maximum atomic E-state index is 13.8. The fraction of sp³-hybridized carbons (Fsp3) is 0.500. The number of nitrogens with zero attached hydrogens (tertiary/aromatic N) is 1. The van der Waals surface area contributed by atoms with Gasteiger partial charge in [0.2, 0.25) is 11.8 Å². The van der Waals surface area contributed by atoms with Crippen LogP contribution in [0, 0.1) is 0 Å². The van der Waals surface area contributed by atoms with E-state index in [2.05, 4.69) is 29.0 Å². The second-order valence-corrected chi connectivity index (χ2v) is 12.1. The minimum atomic E-state index is -4.78. The monoisotopic (exact) mass is 663 g/mol. The molecule has 0 bridgehead atoms. The molecular formula is C32H46N3O10P. The molecule has 5 N–H and O–H groups in total. The Kier molecular flexibility index (Phi) is 16.3. The minimum absolute atomic E-state index is 0.0551. The van der Waals surface area contributed by atoms with Crippen LogP contribution in [0.2, 0.25) is 0 Å². The quantitative estimate of drug-likeness (QED) is 0.0961. The predicted molar refractivity (Wildman–Crippen MR) is 171 cm³/mol. The molecule has 0 fully saturated rings. The van der Waals surface area contributed by atoms with Gasteiger partial charge in [-0.25, -0.2) is 4.57 Å². The first-order valence-corrected chi connectivity index (χ1v) is 17.0. The maximum Gasteiger partial charge on any atom is 0.524 e. The van der Waals surface area contributed by atoms with Crippen LogP contribution in [0.3, 0.4) is 0 Å². The molecule has 46 heavy (non-hydrogen) atoms. The summed E-state index contributed by atoms with van der Waals surface area (Å²) in [7, 11) is -3.29. The Morgan fingerprint density at radius 2 is 1.39 bits per heavy atom. The Morgan fingerprint density at radius 3 is 1.89 bits per heavy atom. The van der Waals surface area contributed by atoms with Crippen LogP contribution in [0.4, 0.5) is 0 Å². The molecule has 0 heterocycles. The first-order chi connectivity index (χ1) is 21.9. The van der Waals surface area contributed by atoms with Gasteiger partial charge in [0.15, 0.2) is 0 Å². The molecule has 0 unspecified atom stereocenters. The Balaban J connectivity index is 2.36. The molecule has 2 aromatic carbocycles. The molecule has 0 spiro atoms. The van der Waals surface area contributed by atoms with Gasteiger partial charge in [-0.2, -0.15) is 0 Å². The molecule has 2 atom stereocenters. The van der Waals surface area contributed by atoms with Crippen molar-refractivity contribution in [3.05, 3.63) is 59.7 Å². The van der Waals surface area contributed by atoms with Crippen LogP contribution < -0.4 is 19.9 Å². The van der Waals surface area contributed by atoms with E-state index in [9.17, 15) is 28.8 Å². The zero-order chi connectivity index (χ0) is 34.1. The highest BCUT2D eigenvalue weighted by Crippen LogP contribution is 2.37. The largest absolute Gasteiger partial charge is 0.524 e. The van der Waals surface area contributed by atoms with Gasteiger partial charge in [-0.15, -0.1) is 0 Å². The number of carbonyl (C=O) groups is 4. The number of rotatable bonds is 21. The molecule has 0 radical (unpaired) electrons. The Bertz CT molecular complexity index is 1300. The molecule has 0 aliphatic heterocycles. The van der Waals surface area contributed by atoms with E-state index in [0.29, 0.717) is 24.4 Å². The van der Waals surface area contributed by atoms with Gasteiger partial charge >= 0.3 is 13.8 Å². The van der Waals surface area contributed by atoms with Crippen molar-refractivity contribution in [3.63, 3.8) is 0 Å². The molecule has 14 heteroatoms. The van der Waals surface area contributed by atoms with Crippen molar-refractivity contribution >= 4 is 31.5 Å². The Labute approximate surface area is 269 Å². The third-order valence-corrected chi connectivity index (χ3v) is 7.65. The van der Waals surface area contributed by atoms with E-state index in [1.165, 1.54) is 43.5 Å². The maximum absolute atomic E-state index is 13.8. The number of nitrogens with one attached hydrogen (secondary N) is 2. The van der Waals surface area contributed by atoms with Crippen molar-refractivity contribution in [2.45, 2.75) is 83.7 Å². The molecule has 0 aromatic heterocycles. The van der Waals surface area contributed by atoms with E-state index < -0.39 is 37.7 Å². The van der Waals surface area contributed by atoms with Gasteiger partial charge in [0.25, 0.3) is 5.91 Å². The Hall–Kier alpha value is -3.93. The molecule has 0 saturated heterocycles.